The van der Waals surface area contributed by atoms with Gasteiger partial charge in [-0.25, -0.2) is 0 Å². The molecule has 0 unspecified atom stereocenters. The SMILES string of the molecule is CC(C)CN(CCN(C)C)C(=O)C1(CN)CC(C)C1. The van der Waals surface area contributed by atoms with Crippen LogP contribution in [0.15, 0.2) is 0 Å². The van der Waals surface area contributed by atoms with Crippen LogP contribution in [-0.2, 0) is 4.79 Å². The second kappa shape index (κ2) is 6.71. The van der Waals surface area contributed by atoms with E-state index < -0.39 is 0 Å². The maximum Gasteiger partial charge on any atom is 0.230 e. The first kappa shape index (κ1) is 16.4. The molecule has 0 atom stereocenters. The van der Waals surface area contributed by atoms with Crippen LogP contribution in [0.25, 0.3) is 0 Å². The van der Waals surface area contributed by atoms with Gasteiger partial charge in [0.2, 0.25) is 5.91 Å². The Hall–Kier alpha value is -0.610. The van der Waals surface area contributed by atoms with Crippen molar-refractivity contribution in [3.05, 3.63) is 0 Å². The number of rotatable bonds is 7. The van der Waals surface area contributed by atoms with E-state index in [4.69, 9.17) is 5.73 Å². The van der Waals surface area contributed by atoms with E-state index in [1.54, 1.807) is 0 Å². The molecule has 0 aromatic heterocycles. The highest BCUT2D eigenvalue weighted by molar-refractivity contribution is 5.84. The number of carbonyl (C=O) groups excluding carboxylic acids is 1. The van der Waals surface area contributed by atoms with E-state index in [0.717, 1.165) is 32.5 Å². The monoisotopic (exact) mass is 269 g/mol. The van der Waals surface area contributed by atoms with Crippen LogP contribution >= 0.6 is 0 Å². The zero-order chi connectivity index (χ0) is 14.6. The van der Waals surface area contributed by atoms with E-state index in [1.165, 1.54) is 0 Å². The Morgan fingerprint density at radius 3 is 2.26 bits per heavy atom. The minimum atomic E-state index is -0.263. The molecule has 1 amide bonds. The second-order valence-electron chi connectivity index (χ2n) is 6.95. The number of hydrogen-bond donors (Lipinski definition) is 1. The summed E-state index contributed by atoms with van der Waals surface area (Å²) in [5.74, 6) is 1.42. The van der Waals surface area contributed by atoms with E-state index in [-0.39, 0.29) is 11.3 Å². The molecular weight excluding hydrogens is 238 g/mol. The van der Waals surface area contributed by atoms with E-state index in [2.05, 4.69) is 25.7 Å². The summed E-state index contributed by atoms with van der Waals surface area (Å²) in [6.07, 6.45) is 1.91. The molecule has 0 aromatic carbocycles. The van der Waals surface area contributed by atoms with Gasteiger partial charge in [0.1, 0.15) is 0 Å². The Labute approximate surface area is 118 Å². The molecule has 0 radical (unpaired) electrons. The zero-order valence-electron chi connectivity index (χ0n) is 13.3. The second-order valence-corrected chi connectivity index (χ2v) is 6.95. The van der Waals surface area contributed by atoms with Crippen molar-refractivity contribution in [1.82, 2.24) is 9.80 Å². The van der Waals surface area contributed by atoms with Gasteiger partial charge in [-0.05, 0) is 38.8 Å². The summed E-state index contributed by atoms with van der Waals surface area (Å²) < 4.78 is 0. The van der Waals surface area contributed by atoms with Crippen LogP contribution in [0.1, 0.15) is 33.6 Å². The average molecular weight is 269 g/mol. The predicted octanol–water partition coefficient (Wildman–Crippen LogP) is 1.41. The Morgan fingerprint density at radius 2 is 1.89 bits per heavy atom. The number of nitrogens with two attached hydrogens (primary N) is 1. The van der Waals surface area contributed by atoms with Gasteiger partial charge >= 0.3 is 0 Å². The third-order valence-corrected chi connectivity index (χ3v) is 4.01. The maximum atomic E-state index is 12.8. The number of likely N-dealkylation sites (N-methyl/N-ethyl adjacent to an activating group) is 1. The quantitative estimate of drug-likeness (QED) is 0.760. The van der Waals surface area contributed by atoms with Crippen molar-refractivity contribution in [1.29, 1.82) is 0 Å². The average Bonchev–Trinajstić information content (AvgIpc) is 2.28. The Bertz CT molecular complexity index is 296. The molecule has 1 saturated carbocycles. The van der Waals surface area contributed by atoms with E-state index in [9.17, 15) is 4.79 Å². The number of amides is 1. The summed E-state index contributed by atoms with van der Waals surface area (Å²) in [5, 5.41) is 0. The Balaban J connectivity index is 2.69. The normalized spacial score (nSPS) is 26.6. The molecule has 2 N–H and O–H groups in total. The molecule has 0 saturated heterocycles. The van der Waals surface area contributed by atoms with Gasteiger partial charge in [0.05, 0.1) is 5.41 Å². The van der Waals surface area contributed by atoms with E-state index in [1.807, 2.05) is 19.0 Å². The Morgan fingerprint density at radius 1 is 1.32 bits per heavy atom. The van der Waals surface area contributed by atoms with Crippen LogP contribution in [0, 0.1) is 17.3 Å². The van der Waals surface area contributed by atoms with Gasteiger partial charge in [0.25, 0.3) is 0 Å². The summed E-state index contributed by atoms with van der Waals surface area (Å²) in [5.41, 5.74) is 5.64. The van der Waals surface area contributed by atoms with E-state index in [0.29, 0.717) is 18.4 Å². The van der Waals surface area contributed by atoms with Crippen molar-refractivity contribution in [3.63, 3.8) is 0 Å². The lowest BCUT2D eigenvalue weighted by molar-refractivity contribution is -0.150. The molecular formula is C15H31N3O. The minimum absolute atomic E-state index is 0.263. The van der Waals surface area contributed by atoms with Crippen LogP contribution < -0.4 is 5.73 Å². The molecule has 0 bridgehead atoms. The molecule has 1 rings (SSSR count). The third-order valence-electron chi connectivity index (χ3n) is 4.01. The van der Waals surface area contributed by atoms with Crippen LogP contribution in [-0.4, -0.2) is 56.0 Å². The fraction of sp³-hybridized carbons (Fsp3) is 0.933. The largest absolute Gasteiger partial charge is 0.341 e. The summed E-state index contributed by atoms with van der Waals surface area (Å²) in [7, 11) is 4.09. The molecule has 4 heteroatoms. The summed E-state index contributed by atoms with van der Waals surface area (Å²) >= 11 is 0. The van der Waals surface area contributed by atoms with Crippen LogP contribution in [0.3, 0.4) is 0 Å². The molecule has 0 aromatic rings. The molecule has 0 heterocycles. The fourth-order valence-electron chi connectivity index (χ4n) is 3.08. The van der Waals surface area contributed by atoms with Crippen molar-refractivity contribution in [3.8, 4) is 0 Å². The van der Waals surface area contributed by atoms with Crippen LogP contribution in [0.2, 0.25) is 0 Å². The first-order chi connectivity index (χ1) is 8.80. The molecule has 0 spiro atoms. The van der Waals surface area contributed by atoms with Crippen molar-refractivity contribution >= 4 is 5.91 Å². The first-order valence-electron chi connectivity index (χ1n) is 7.45. The van der Waals surface area contributed by atoms with Crippen molar-refractivity contribution in [2.24, 2.45) is 23.0 Å². The van der Waals surface area contributed by atoms with Gasteiger partial charge in [-0.3, -0.25) is 4.79 Å². The van der Waals surface area contributed by atoms with Crippen LogP contribution in [0.5, 0.6) is 0 Å². The number of carbonyl (C=O) groups is 1. The molecule has 1 aliphatic carbocycles. The minimum Gasteiger partial charge on any atom is -0.341 e. The predicted molar refractivity (Wildman–Crippen MR) is 79.9 cm³/mol. The van der Waals surface area contributed by atoms with Crippen molar-refractivity contribution in [2.75, 3.05) is 40.3 Å². The Kier molecular flexibility index (Phi) is 5.81. The number of hydrogen-bond acceptors (Lipinski definition) is 3. The van der Waals surface area contributed by atoms with Crippen molar-refractivity contribution in [2.45, 2.75) is 33.6 Å². The third kappa shape index (κ3) is 4.18. The fourth-order valence-corrected chi connectivity index (χ4v) is 3.08. The standard InChI is InChI=1S/C15H31N3O/c1-12(2)10-18(7-6-17(4)5)14(19)15(11-16)8-13(3)9-15/h12-13H,6-11,16H2,1-5H3. The molecule has 112 valence electrons. The lowest BCUT2D eigenvalue weighted by atomic mass is 9.61. The summed E-state index contributed by atoms with van der Waals surface area (Å²) in [6.45, 7) is 9.57. The smallest absolute Gasteiger partial charge is 0.230 e. The van der Waals surface area contributed by atoms with Crippen LogP contribution in [0.4, 0.5) is 0 Å². The molecule has 4 nitrogen and oxygen atoms in total. The maximum absolute atomic E-state index is 12.8. The lowest BCUT2D eigenvalue weighted by Gasteiger charge is -2.47. The molecule has 0 aliphatic heterocycles. The lowest BCUT2D eigenvalue weighted by Crippen LogP contribution is -2.56. The first-order valence-corrected chi connectivity index (χ1v) is 7.45. The van der Waals surface area contributed by atoms with Gasteiger partial charge in [-0.2, -0.15) is 0 Å². The van der Waals surface area contributed by atoms with Gasteiger partial charge < -0.3 is 15.5 Å². The highest BCUT2D eigenvalue weighted by atomic mass is 16.2. The van der Waals surface area contributed by atoms with Crippen molar-refractivity contribution < 1.29 is 4.79 Å². The highest BCUT2D eigenvalue weighted by Crippen LogP contribution is 2.46. The topological polar surface area (TPSA) is 49.6 Å². The van der Waals surface area contributed by atoms with Gasteiger partial charge in [0, 0.05) is 26.2 Å². The molecule has 1 aliphatic rings. The molecule has 1 fully saturated rings. The van der Waals surface area contributed by atoms with Gasteiger partial charge in [0.15, 0.2) is 0 Å². The zero-order valence-corrected chi connectivity index (χ0v) is 13.3. The number of nitrogens with zero attached hydrogens (tertiary/aromatic N) is 2. The van der Waals surface area contributed by atoms with Gasteiger partial charge in [-0.15, -0.1) is 0 Å². The molecule has 19 heavy (non-hydrogen) atoms. The highest BCUT2D eigenvalue weighted by Gasteiger charge is 2.48. The van der Waals surface area contributed by atoms with Gasteiger partial charge in [-0.1, -0.05) is 20.8 Å². The van der Waals surface area contributed by atoms with E-state index >= 15 is 0 Å². The summed E-state index contributed by atoms with van der Waals surface area (Å²) in [6, 6.07) is 0. The summed E-state index contributed by atoms with van der Waals surface area (Å²) in [4.78, 5) is 17.0.